The highest BCUT2D eigenvalue weighted by atomic mass is 16.2. The van der Waals surface area contributed by atoms with Crippen LogP contribution in [-0.2, 0) is 16.1 Å². The van der Waals surface area contributed by atoms with E-state index in [0.717, 1.165) is 16.5 Å². The molecule has 126 valence electrons. The van der Waals surface area contributed by atoms with Gasteiger partial charge < -0.3 is 5.32 Å². The minimum atomic E-state index is -0.355. The Hall–Kier alpha value is -3.15. The molecule has 2 amide bonds. The Bertz CT molecular complexity index is 919. The summed E-state index contributed by atoms with van der Waals surface area (Å²) >= 11 is 0. The van der Waals surface area contributed by atoms with Gasteiger partial charge in [0, 0.05) is 24.9 Å². The normalized spacial score (nSPS) is 17.2. The molecule has 1 fully saturated rings. The topological polar surface area (TPSA) is 78.1 Å². The number of aromatic amines is 1. The summed E-state index contributed by atoms with van der Waals surface area (Å²) in [4.78, 5) is 26.4. The number of anilines is 1. The highest BCUT2D eigenvalue weighted by Gasteiger charge is 2.36. The fraction of sp³-hybridized carbons (Fsp3) is 0.211. The Kier molecular flexibility index (Phi) is 3.93. The SMILES string of the molecule is O=C(NCc1ccccc1)C1CC(=O)N(c2n[nH]c3ccccc23)C1. The summed E-state index contributed by atoms with van der Waals surface area (Å²) in [7, 11) is 0. The van der Waals surface area contributed by atoms with Crippen molar-refractivity contribution in [3.8, 4) is 0 Å². The number of H-pyrrole nitrogens is 1. The molecule has 0 saturated carbocycles. The summed E-state index contributed by atoms with van der Waals surface area (Å²) in [6.45, 7) is 0.823. The van der Waals surface area contributed by atoms with Gasteiger partial charge in [-0.1, -0.05) is 42.5 Å². The average molecular weight is 334 g/mol. The van der Waals surface area contributed by atoms with Gasteiger partial charge in [0.05, 0.1) is 11.4 Å². The van der Waals surface area contributed by atoms with Gasteiger partial charge in [0.25, 0.3) is 0 Å². The van der Waals surface area contributed by atoms with Crippen molar-refractivity contribution in [1.82, 2.24) is 15.5 Å². The van der Waals surface area contributed by atoms with Crippen molar-refractivity contribution in [3.05, 3.63) is 60.2 Å². The van der Waals surface area contributed by atoms with Crippen LogP contribution in [0.4, 0.5) is 5.82 Å². The quantitative estimate of drug-likeness (QED) is 0.768. The van der Waals surface area contributed by atoms with E-state index in [2.05, 4.69) is 15.5 Å². The number of hydrogen-bond donors (Lipinski definition) is 2. The van der Waals surface area contributed by atoms with E-state index in [4.69, 9.17) is 0 Å². The van der Waals surface area contributed by atoms with Crippen LogP contribution in [-0.4, -0.2) is 28.6 Å². The molecule has 1 aliphatic heterocycles. The molecule has 0 spiro atoms. The van der Waals surface area contributed by atoms with Crippen LogP contribution in [0.15, 0.2) is 54.6 Å². The first-order valence-electron chi connectivity index (χ1n) is 8.27. The fourth-order valence-corrected chi connectivity index (χ4v) is 3.17. The van der Waals surface area contributed by atoms with E-state index in [9.17, 15) is 9.59 Å². The number of nitrogens with zero attached hydrogens (tertiary/aromatic N) is 2. The lowest BCUT2D eigenvalue weighted by Crippen LogP contribution is -2.32. The molecule has 1 aromatic heterocycles. The maximum Gasteiger partial charge on any atom is 0.229 e. The Morgan fingerprint density at radius 3 is 2.76 bits per heavy atom. The molecule has 2 aromatic carbocycles. The van der Waals surface area contributed by atoms with Crippen LogP contribution in [0.3, 0.4) is 0 Å². The zero-order chi connectivity index (χ0) is 17.2. The monoisotopic (exact) mass is 334 g/mol. The van der Waals surface area contributed by atoms with Gasteiger partial charge in [-0.25, -0.2) is 0 Å². The largest absolute Gasteiger partial charge is 0.352 e. The van der Waals surface area contributed by atoms with Crippen molar-refractivity contribution in [3.63, 3.8) is 0 Å². The predicted molar refractivity (Wildman–Crippen MR) is 94.8 cm³/mol. The van der Waals surface area contributed by atoms with Gasteiger partial charge in [-0.3, -0.25) is 19.6 Å². The number of carbonyl (C=O) groups excluding carboxylic acids is 2. The van der Waals surface area contributed by atoms with Gasteiger partial charge in [-0.15, -0.1) is 0 Å². The number of fused-ring (bicyclic) bond motifs is 1. The molecule has 6 heteroatoms. The Balaban J connectivity index is 1.46. The van der Waals surface area contributed by atoms with Gasteiger partial charge >= 0.3 is 0 Å². The van der Waals surface area contributed by atoms with Crippen LogP contribution in [0.5, 0.6) is 0 Å². The molecular formula is C19H18N4O2. The lowest BCUT2D eigenvalue weighted by Gasteiger charge is -2.14. The van der Waals surface area contributed by atoms with E-state index in [1.807, 2.05) is 54.6 Å². The van der Waals surface area contributed by atoms with E-state index in [-0.39, 0.29) is 24.2 Å². The maximum absolute atomic E-state index is 12.4. The van der Waals surface area contributed by atoms with Gasteiger partial charge in [0.2, 0.25) is 11.8 Å². The van der Waals surface area contributed by atoms with Crippen LogP contribution >= 0.6 is 0 Å². The Morgan fingerprint density at radius 2 is 1.92 bits per heavy atom. The molecular weight excluding hydrogens is 316 g/mol. The van der Waals surface area contributed by atoms with Gasteiger partial charge in [0.1, 0.15) is 0 Å². The van der Waals surface area contributed by atoms with E-state index in [0.29, 0.717) is 18.9 Å². The second kappa shape index (κ2) is 6.39. The van der Waals surface area contributed by atoms with Crippen LogP contribution < -0.4 is 10.2 Å². The third-order valence-electron chi connectivity index (χ3n) is 4.51. The van der Waals surface area contributed by atoms with Crippen molar-refractivity contribution in [1.29, 1.82) is 0 Å². The first kappa shape index (κ1) is 15.4. The van der Waals surface area contributed by atoms with Crippen molar-refractivity contribution in [2.75, 3.05) is 11.4 Å². The van der Waals surface area contributed by atoms with E-state index >= 15 is 0 Å². The van der Waals surface area contributed by atoms with Gasteiger partial charge in [0.15, 0.2) is 5.82 Å². The summed E-state index contributed by atoms with van der Waals surface area (Å²) in [5, 5.41) is 11.0. The molecule has 0 radical (unpaired) electrons. The standard InChI is InChI=1S/C19H18N4O2/c24-17-10-14(19(25)20-11-13-6-2-1-3-7-13)12-23(17)18-15-8-4-5-9-16(15)21-22-18/h1-9,14H,10-12H2,(H,20,25)(H,21,22). The first-order chi connectivity index (χ1) is 12.2. The zero-order valence-corrected chi connectivity index (χ0v) is 13.6. The lowest BCUT2D eigenvalue weighted by atomic mass is 10.1. The highest BCUT2D eigenvalue weighted by Crippen LogP contribution is 2.29. The molecule has 6 nitrogen and oxygen atoms in total. The molecule has 1 saturated heterocycles. The van der Waals surface area contributed by atoms with Crippen LogP contribution in [0.2, 0.25) is 0 Å². The van der Waals surface area contributed by atoms with E-state index < -0.39 is 0 Å². The molecule has 2 N–H and O–H groups in total. The molecule has 3 aromatic rings. The maximum atomic E-state index is 12.4. The Labute approximate surface area is 144 Å². The number of benzene rings is 2. The van der Waals surface area contributed by atoms with Crippen molar-refractivity contribution < 1.29 is 9.59 Å². The molecule has 0 aliphatic carbocycles. The summed E-state index contributed by atoms with van der Waals surface area (Å²) in [5.74, 6) is 0.0716. The Morgan fingerprint density at radius 1 is 1.16 bits per heavy atom. The summed E-state index contributed by atoms with van der Waals surface area (Å²) in [5.41, 5.74) is 1.91. The second-order valence-electron chi connectivity index (χ2n) is 6.20. The number of aromatic nitrogens is 2. The molecule has 2 heterocycles. The number of para-hydroxylation sites is 1. The minimum absolute atomic E-state index is 0.0721. The number of amides is 2. The number of carbonyl (C=O) groups is 2. The second-order valence-corrected chi connectivity index (χ2v) is 6.20. The van der Waals surface area contributed by atoms with Crippen molar-refractivity contribution in [2.45, 2.75) is 13.0 Å². The van der Waals surface area contributed by atoms with Gasteiger partial charge in [-0.2, -0.15) is 5.10 Å². The highest BCUT2D eigenvalue weighted by molar-refractivity contribution is 6.05. The third-order valence-corrected chi connectivity index (χ3v) is 4.51. The predicted octanol–water partition coefficient (Wildman–Crippen LogP) is 2.23. The van der Waals surface area contributed by atoms with E-state index in [1.54, 1.807) is 4.90 Å². The third kappa shape index (κ3) is 2.98. The zero-order valence-electron chi connectivity index (χ0n) is 13.6. The van der Waals surface area contributed by atoms with Crippen LogP contribution in [0, 0.1) is 5.92 Å². The molecule has 1 aliphatic rings. The van der Waals surface area contributed by atoms with Gasteiger partial charge in [-0.05, 0) is 17.7 Å². The van der Waals surface area contributed by atoms with Crippen LogP contribution in [0.25, 0.3) is 10.9 Å². The molecule has 25 heavy (non-hydrogen) atoms. The number of rotatable bonds is 4. The number of hydrogen-bond acceptors (Lipinski definition) is 3. The van der Waals surface area contributed by atoms with E-state index in [1.165, 1.54) is 0 Å². The lowest BCUT2D eigenvalue weighted by molar-refractivity contribution is -0.126. The van der Waals surface area contributed by atoms with Crippen molar-refractivity contribution >= 4 is 28.5 Å². The summed E-state index contributed by atoms with van der Waals surface area (Å²) < 4.78 is 0. The smallest absolute Gasteiger partial charge is 0.229 e. The molecule has 1 atom stereocenters. The summed E-state index contributed by atoms with van der Waals surface area (Å²) in [6, 6.07) is 17.4. The fourth-order valence-electron chi connectivity index (χ4n) is 3.17. The van der Waals surface area contributed by atoms with Crippen molar-refractivity contribution in [2.24, 2.45) is 5.92 Å². The van der Waals surface area contributed by atoms with Crippen LogP contribution in [0.1, 0.15) is 12.0 Å². The minimum Gasteiger partial charge on any atom is -0.352 e. The molecule has 4 rings (SSSR count). The first-order valence-corrected chi connectivity index (χ1v) is 8.27. The summed E-state index contributed by atoms with van der Waals surface area (Å²) in [6.07, 6.45) is 0.210. The number of nitrogens with one attached hydrogen (secondary N) is 2. The average Bonchev–Trinajstić information content (AvgIpc) is 3.24. The molecule has 0 bridgehead atoms. The molecule has 1 unspecified atom stereocenters.